The SMILES string of the molecule is COCCCOc1cc(COC(N)C2CC(C(C)C)C(=O)O2)ccc1-c1ccccn1. The number of ether oxygens (including phenoxy) is 4. The van der Waals surface area contributed by atoms with E-state index in [1.54, 1.807) is 13.3 Å². The molecule has 0 radical (unpaired) electrons. The molecule has 31 heavy (non-hydrogen) atoms. The number of carbonyl (C=O) groups excluding carboxylic acids is 1. The van der Waals surface area contributed by atoms with Crippen LogP contribution in [0.3, 0.4) is 0 Å². The van der Waals surface area contributed by atoms with Crippen LogP contribution in [0.2, 0.25) is 0 Å². The fraction of sp³-hybridized carbons (Fsp3) is 0.500. The van der Waals surface area contributed by atoms with Crippen LogP contribution in [0.5, 0.6) is 5.75 Å². The molecule has 0 bridgehead atoms. The van der Waals surface area contributed by atoms with Gasteiger partial charge in [-0.3, -0.25) is 9.78 Å². The third-order valence-corrected chi connectivity index (χ3v) is 5.41. The molecule has 0 aliphatic carbocycles. The summed E-state index contributed by atoms with van der Waals surface area (Å²) < 4.78 is 22.4. The zero-order valence-corrected chi connectivity index (χ0v) is 18.5. The van der Waals surface area contributed by atoms with E-state index in [9.17, 15) is 4.79 Å². The largest absolute Gasteiger partial charge is 0.493 e. The zero-order valence-electron chi connectivity index (χ0n) is 18.5. The number of nitrogens with zero attached hydrogens (tertiary/aromatic N) is 1. The Bertz CT molecular complexity index is 843. The number of hydrogen-bond donors (Lipinski definition) is 1. The lowest BCUT2D eigenvalue weighted by molar-refractivity contribution is -0.150. The molecule has 0 spiro atoms. The van der Waals surface area contributed by atoms with E-state index in [1.807, 2.05) is 50.2 Å². The van der Waals surface area contributed by atoms with E-state index in [1.165, 1.54) is 0 Å². The zero-order chi connectivity index (χ0) is 22.2. The topological polar surface area (TPSA) is 92.9 Å². The van der Waals surface area contributed by atoms with E-state index in [-0.39, 0.29) is 17.8 Å². The number of hydrogen-bond acceptors (Lipinski definition) is 7. The molecule has 0 saturated carbocycles. The van der Waals surface area contributed by atoms with Crippen molar-refractivity contribution in [1.82, 2.24) is 4.98 Å². The van der Waals surface area contributed by atoms with Crippen LogP contribution in [-0.4, -0.2) is 43.6 Å². The standard InChI is InChI=1S/C24H32N2O5/c1-16(2)19-14-22(31-24(19)27)23(25)30-15-17-8-9-18(20-7-4-5-10-26-20)21(13-17)29-12-6-11-28-3/h4-5,7-10,13,16,19,22-23H,6,11-12,14-15,25H2,1-3H3. The Kier molecular flexibility index (Phi) is 8.40. The van der Waals surface area contributed by atoms with Gasteiger partial charge in [0.25, 0.3) is 0 Å². The fourth-order valence-corrected chi connectivity index (χ4v) is 3.57. The first-order valence-corrected chi connectivity index (χ1v) is 10.7. The number of benzene rings is 1. The van der Waals surface area contributed by atoms with Crippen molar-refractivity contribution in [1.29, 1.82) is 0 Å². The molecule has 3 rings (SSSR count). The van der Waals surface area contributed by atoms with Gasteiger partial charge in [0.2, 0.25) is 0 Å². The number of pyridine rings is 1. The Labute approximate surface area is 183 Å². The quantitative estimate of drug-likeness (QED) is 0.332. The van der Waals surface area contributed by atoms with E-state index in [2.05, 4.69) is 4.98 Å². The molecule has 7 nitrogen and oxygen atoms in total. The fourth-order valence-electron chi connectivity index (χ4n) is 3.57. The highest BCUT2D eigenvalue weighted by atomic mass is 16.6. The highest BCUT2D eigenvalue weighted by molar-refractivity contribution is 5.75. The summed E-state index contributed by atoms with van der Waals surface area (Å²) in [6.45, 7) is 5.48. The molecule has 2 aromatic rings. The van der Waals surface area contributed by atoms with Gasteiger partial charge in [0, 0.05) is 38.3 Å². The number of cyclic esters (lactones) is 1. The van der Waals surface area contributed by atoms with Gasteiger partial charge in [-0.15, -0.1) is 0 Å². The van der Waals surface area contributed by atoms with Crippen LogP contribution in [0.15, 0.2) is 42.6 Å². The van der Waals surface area contributed by atoms with Crippen molar-refractivity contribution >= 4 is 5.97 Å². The maximum atomic E-state index is 12.0. The normalized spacial score (nSPS) is 19.5. The molecular formula is C24H32N2O5. The smallest absolute Gasteiger partial charge is 0.309 e. The number of carbonyl (C=O) groups is 1. The molecule has 3 unspecified atom stereocenters. The van der Waals surface area contributed by atoms with Crippen LogP contribution in [0.1, 0.15) is 32.3 Å². The lowest BCUT2D eigenvalue weighted by Crippen LogP contribution is -2.37. The van der Waals surface area contributed by atoms with E-state index in [0.717, 1.165) is 29.0 Å². The number of nitrogens with two attached hydrogens (primary N) is 1. The van der Waals surface area contributed by atoms with Crippen molar-refractivity contribution < 1.29 is 23.7 Å². The predicted octanol–water partition coefficient (Wildman–Crippen LogP) is 3.55. The molecular weight excluding hydrogens is 396 g/mol. The number of esters is 1. The van der Waals surface area contributed by atoms with E-state index in [0.29, 0.717) is 26.2 Å². The molecule has 1 aliphatic heterocycles. The van der Waals surface area contributed by atoms with Crippen molar-refractivity contribution in [3.63, 3.8) is 0 Å². The average molecular weight is 429 g/mol. The van der Waals surface area contributed by atoms with Crippen molar-refractivity contribution in [2.24, 2.45) is 17.6 Å². The summed E-state index contributed by atoms with van der Waals surface area (Å²) in [7, 11) is 1.67. The van der Waals surface area contributed by atoms with Gasteiger partial charge in [-0.2, -0.15) is 0 Å². The van der Waals surface area contributed by atoms with E-state index >= 15 is 0 Å². The molecule has 1 aliphatic rings. The van der Waals surface area contributed by atoms with Gasteiger partial charge < -0.3 is 24.7 Å². The molecule has 7 heteroatoms. The lowest BCUT2D eigenvalue weighted by Gasteiger charge is -2.19. The molecule has 168 valence electrons. The van der Waals surface area contributed by atoms with Crippen LogP contribution in [0.25, 0.3) is 11.3 Å². The maximum absolute atomic E-state index is 12.0. The Morgan fingerprint density at radius 3 is 2.74 bits per heavy atom. The molecule has 3 atom stereocenters. The second-order valence-electron chi connectivity index (χ2n) is 8.08. The minimum atomic E-state index is -0.672. The third kappa shape index (κ3) is 6.26. The highest BCUT2D eigenvalue weighted by Crippen LogP contribution is 2.31. The molecule has 1 aromatic heterocycles. The monoisotopic (exact) mass is 428 g/mol. The van der Waals surface area contributed by atoms with E-state index < -0.39 is 12.3 Å². The van der Waals surface area contributed by atoms with Gasteiger partial charge in [0.05, 0.1) is 24.8 Å². The highest BCUT2D eigenvalue weighted by Gasteiger charge is 2.39. The first kappa shape index (κ1) is 23.2. The van der Waals surface area contributed by atoms with Crippen molar-refractivity contribution in [3.05, 3.63) is 48.2 Å². The van der Waals surface area contributed by atoms with Gasteiger partial charge in [-0.05, 0) is 35.7 Å². The maximum Gasteiger partial charge on any atom is 0.309 e. The van der Waals surface area contributed by atoms with Gasteiger partial charge in [0.15, 0.2) is 0 Å². The van der Waals surface area contributed by atoms with Crippen LogP contribution >= 0.6 is 0 Å². The van der Waals surface area contributed by atoms with Gasteiger partial charge in [-0.1, -0.05) is 26.0 Å². The van der Waals surface area contributed by atoms with Gasteiger partial charge in [0.1, 0.15) is 18.1 Å². The second-order valence-corrected chi connectivity index (χ2v) is 8.08. The van der Waals surface area contributed by atoms with E-state index in [4.69, 9.17) is 24.7 Å². The summed E-state index contributed by atoms with van der Waals surface area (Å²) in [5.41, 5.74) is 8.84. The average Bonchev–Trinajstić information content (AvgIpc) is 3.18. The summed E-state index contributed by atoms with van der Waals surface area (Å²) in [6.07, 6.45) is 2.04. The third-order valence-electron chi connectivity index (χ3n) is 5.41. The Hall–Kier alpha value is -2.48. The Morgan fingerprint density at radius 1 is 1.23 bits per heavy atom. The Morgan fingerprint density at radius 2 is 2.06 bits per heavy atom. The van der Waals surface area contributed by atoms with Crippen molar-refractivity contribution in [3.8, 4) is 17.0 Å². The Balaban J connectivity index is 1.66. The number of methoxy groups -OCH3 is 1. The summed E-state index contributed by atoms with van der Waals surface area (Å²) in [5.74, 6) is 0.646. The van der Waals surface area contributed by atoms with Crippen molar-refractivity contribution in [2.45, 2.75) is 45.6 Å². The van der Waals surface area contributed by atoms with Gasteiger partial charge in [-0.25, -0.2) is 0 Å². The predicted molar refractivity (Wildman–Crippen MR) is 117 cm³/mol. The number of aromatic nitrogens is 1. The molecule has 1 saturated heterocycles. The second kappa shape index (κ2) is 11.2. The first-order valence-electron chi connectivity index (χ1n) is 10.7. The minimum absolute atomic E-state index is 0.121. The molecule has 2 N–H and O–H groups in total. The lowest BCUT2D eigenvalue weighted by atomic mass is 9.92. The van der Waals surface area contributed by atoms with Gasteiger partial charge >= 0.3 is 5.97 Å². The van der Waals surface area contributed by atoms with Crippen LogP contribution in [0, 0.1) is 11.8 Å². The summed E-state index contributed by atoms with van der Waals surface area (Å²) in [6, 6.07) is 11.7. The molecule has 0 amide bonds. The molecule has 2 heterocycles. The minimum Gasteiger partial charge on any atom is -0.493 e. The molecule has 1 fully saturated rings. The summed E-state index contributed by atoms with van der Waals surface area (Å²) in [5, 5.41) is 0. The van der Waals surface area contributed by atoms with Crippen LogP contribution in [0.4, 0.5) is 0 Å². The summed E-state index contributed by atoms with van der Waals surface area (Å²) >= 11 is 0. The van der Waals surface area contributed by atoms with Crippen LogP contribution < -0.4 is 10.5 Å². The molecule has 1 aromatic carbocycles. The van der Waals surface area contributed by atoms with Crippen LogP contribution in [-0.2, 0) is 25.6 Å². The first-order chi connectivity index (χ1) is 15.0. The van der Waals surface area contributed by atoms with Crippen molar-refractivity contribution in [2.75, 3.05) is 20.3 Å². The summed E-state index contributed by atoms with van der Waals surface area (Å²) in [4.78, 5) is 16.4. The number of rotatable bonds is 11.